The van der Waals surface area contributed by atoms with Crippen LogP contribution in [0.5, 0.6) is 11.5 Å². The first-order valence-electron chi connectivity index (χ1n) is 5.01. The molecule has 1 N–H and O–H groups in total. The maximum absolute atomic E-state index is 5.20. The van der Waals surface area contributed by atoms with Gasteiger partial charge in [0.05, 0.1) is 14.2 Å². The maximum atomic E-state index is 5.20. The van der Waals surface area contributed by atoms with Crippen molar-refractivity contribution in [2.24, 2.45) is 0 Å². The SMILES string of the molecule is COc1cc(OC)cc(-c2nccc(=S)[nH]2)c1. The van der Waals surface area contributed by atoms with Crippen molar-refractivity contribution in [2.45, 2.75) is 0 Å². The second-order valence-electron chi connectivity index (χ2n) is 3.38. The Labute approximate surface area is 104 Å². The Morgan fingerprint density at radius 3 is 2.29 bits per heavy atom. The Kier molecular flexibility index (Phi) is 3.39. The molecule has 2 rings (SSSR count). The van der Waals surface area contributed by atoms with Gasteiger partial charge in [0.2, 0.25) is 0 Å². The molecular weight excluding hydrogens is 236 g/mol. The van der Waals surface area contributed by atoms with Crippen molar-refractivity contribution >= 4 is 12.2 Å². The summed E-state index contributed by atoms with van der Waals surface area (Å²) < 4.78 is 11.0. The maximum Gasteiger partial charge on any atom is 0.138 e. The average Bonchev–Trinajstić information content (AvgIpc) is 2.38. The number of nitrogens with zero attached hydrogens (tertiary/aromatic N) is 1. The summed E-state index contributed by atoms with van der Waals surface area (Å²) >= 11 is 5.06. The third kappa shape index (κ3) is 2.62. The van der Waals surface area contributed by atoms with E-state index in [1.54, 1.807) is 32.5 Å². The standard InChI is InChI=1S/C12H12N2O2S/c1-15-9-5-8(6-10(7-9)16-2)12-13-4-3-11(17)14-12/h3-7H,1-2H3,(H,13,14,17). The molecule has 0 unspecified atom stereocenters. The van der Waals surface area contributed by atoms with Gasteiger partial charge in [0.25, 0.3) is 0 Å². The van der Waals surface area contributed by atoms with Crippen molar-refractivity contribution in [3.63, 3.8) is 0 Å². The van der Waals surface area contributed by atoms with Gasteiger partial charge in [0.15, 0.2) is 0 Å². The lowest BCUT2D eigenvalue weighted by molar-refractivity contribution is 0.394. The van der Waals surface area contributed by atoms with Gasteiger partial charge in [-0.15, -0.1) is 0 Å². The molecule has 0 amide bonds. The zero-order chi connectivity index (χ0) is 12.3. The summed E-state index contributed by atoms with van der Waals surface area (Å²) in [7, 11) is 3.22. The molecule has 1 heterocycles. The highest BCUT2D eigenvalue weighted by Crippen LogP contribution is 2.27. The van der Waals surface area contributed by atoms with Gasteiger partial charge >= 0.3 is 0 Å². The summed E-state index contributed by atoms with van der Waals surface area (Å²) in [5, 5.41) is 0. The van der Waals surface area contributed by atoms with Crippen molar-refractivity contribution < 1.29 is 9.47 Å². The van der Waals surface area contributed by atoms with Gasteiger partial charge in [0, 0.05) is 17.8 Å². The molecule has 4 nitrogen and oxygen atoms in total. The molecular formula is C12H12N2O2S. The highest BCUT2D eigenvalue weighted by molar-refractivity contribution is 7.71. The summed E-state index contributed by atoms with van der Waals surface area (Å²) in [5.41, 5.74) is 0.868. The van der Waals surface area contributed by atoms with E-state index in [9.17, 15) is 0 Å². The fourth-order valence-corrected chi connectivity index (χ4v) is 1.62. The zero-order valence-corrected chi connectivity index (χ0v) is 10.4. The highest BCUT2D eigenvalue weighted by atomic mass is 32.1. The molecule has 2 aromatic rings. The van der Waals surface area contributed by atoms with E-state index in [-0.39, 0.29) is 0 Å². The second kappa shape index (κ2) is 4.97. The molecule has 88 valence electrons. The van der Waals surface area contributed by atoms with Crippen LogP contribution in [0.3, 0.4) is 0 Å². The molecule has 0 saturated carbocycles. The first-order valence-corrected chi connectivity index (χ1v) is 5.42. The number of hydrogen-bond donors (Lipinski definition) is 1. The van der Waals surface area contributed by atoms with Crippen LogP contribution in [0.25, 0.3) is 11.4 Å². The number of ether oxygens (including phenoxy) is 2. The quantitative estimate of drug-likeness (QED) is 0.848. The molecule has 17 heavy (non-hydrogen) atoms. The van der Waals surface area contributed by atoms with Crippen LogP contribution in [0.2, 0.25) is 0 Å². The van der Waals surface area contributed by atoms with Crippen molar-refractivity contribution in [3.8, 4) is 22.9 Å². The zero-order valence-electron chi connectivity index (χ0n) is 9.56. The lowest BCUT2D eigenvalue weighted by Crippen LogP contribution is -1.92. The normalized spacial score (nSPS) is 10.0. The molecule has 1 aromatic carbocycles. The van der Waals surface area contributed by atoms with E-state index < -0.39 is 0 Å². The number of nitrogens with one attached hydrogen (secondary N) is 1. The Bertz CT molecular complexity index is 558. The molecule has 0 bridgehead atoms. The minimum atomic E-state index is 0.636. The summed E-state index contributed by atoms with van der Waals surface area (Å²) in [6.45, 7) is 0. The topological polar surface area (TPSA) is 47.1 Å². The molecule has 5 heteroatoms. The monoisotopic (exact) mass is 248 g/mol. The van der Waals surface area contributed by atoms with Crippen molar-refractivity contribution in [3.05, 3.63) is 35.1 Å². The van der Waals surface area contributed by atoms with E-state index in [4.69, 9.17) is 21.7 Å². The van der Waals surface area contributed by atoms with E-state index in [1.165, 1.54) is 0 Å². The van der Waals surface area contributed by atoms with Gasteiger partial charge in [0.1, 0.15) is 22.0 Å². The molecule has 0 atom stereocenters. The predicted molar refractivity (Wildman–Crippen MR) is 68.0 cm³/mol. The van der Waals surface area contributed by atoms with E-state index in [0.717, 1.165) is 5.56 Å². The van der Waals surface area contributed by atoms with Gasteiger partial charge in [-0.2, -0.15) is 0 Å². The Balaban J connectivity index is 2.54. The number of H-pyrrole nitrogens is 1. The lowest BCUT2D eigenvalue weighted by atomic mass is 10.2. The number of methoxy groups -OCH3 is 2. The highest BCUT2D eigenvalue weighted by Gasteiger charge is 2.05. The van der Waals surface area contributed by atoms with Gasteiger partial charge in [-0.05, 0) is 18.2 Å². The molecule has 0 aliphatic rings. The fraction of sp³-hybridized carbons (Fsp3) is 0.167. The number of rotatable bonds is 3. The van der Waals surface area contributed by atoms with Crippen LogP contribution in [-0.2, 0) is 0 Å². The van der Waals surface area contributed by atoms with Crippen LogP contribution >= 0.6 is 12.2 Å². The molecule has 0 saturated heterocycles. The first kappa shape index (κ1) is 11.6. The summed E-state index contributed by atoms with van der Waals surface area (Å²) in [5.74, 6) is 2.11. The third-order valence-electron chi connectivity index (χ3n) is 2.30. The molecule has 0 radical (unpaired) electrons. The van der Waals surface area contributed by atoms with Gasteiger partial charge in [-0.1, -0.05) is 12.2 Å². The number of benzene rings is 1. The summed E-state index contributed by atoms with van der Waals surface area (Å²) in [6.07, 6.45) is 1.67. The first-order chi connectivity index (χ1) is 8.22. The van der Waals surface area contributed by atoms with Crippen LogP contribution < -0.4 is 9.47 Å². The third-order valence-corrected chi connectivity index (χ3v) is 2.53. The van der Waals surface area contributed by atoms with Crippen LogP contribution in [0.15, 0.2) is 30.5 Å². The van der Waals surface area contributed by atoms with Crippen LogP contribution in [0.1, 0.15) is 0 Å². The van der Waals surface area contributed by atoms with E-state index in [2.05, 4.69) is 9.97 Å². The number of aromatic amines is 1. The largest absolute Gasteiger partial charge is 0.497 e. The minimum absolute atomic E-state index is 0.636. The molecule has 0 fully saturated rings. The van der Waals surface area contributed by atoms with Crippen molar-refractivity contribution in [1.29, 1.82) is 0 Å². The van der Waals surface area contributed by atoms with Crippen LogP contribution in [0.4, 0.5) is 0 Å². The Hall–Kier alpha value is -1.88. The molecule has 1 aromatic heterocycles. The summed E-state index contributed by atoms with van der Waals surface area (Å²) in [4.78, 5) is 7.25. The molecule has 0 aliphatic heterocycles. The van der Waals surface area contributed by atoms with Crippen LogP contribution in [0, 0.1) is 4.64 Å². The van der Waals surface area contributed by atoms with E-state index in [1.807, 2.05) is 12.1 Å². The van der Waals surface area contributed by atoms with Gasteiger partial charge in [-0.3, -0.25) is 0 Å². The predicted octanol–water partition coefficient (Wildman–Crippen LogP) is 2.82. The van der Waals surface area contributed by atoms with Crippen molar-refractivity contribution in [1.82, 2.24) is 9.97 Å². The van der Waals surface area contributed by atoms with E-state index in [0.29, 0.717) is 22.0 Å². The fourth-order valence-electron chi connectivity index (χ4n) is 1.46. The van der Waals surface area contributed by atoms with Crippen LogP contribution in [-0.4, -0.2) is 24.2 Å². The van der Waals surface area contributed by atoms with Gasteiger partial charge in [-0.25, -0.2) is 4.98 Å². The van der Waals surface area contributed by atoms with Gasteiger partial charge < -0.3 is 14.5 Å². The number of hydrogen-bond acceptors (Lipinski definition) is 4. The molecule has 0 aliphatic carbocycles. The Morgan fingerprint density at radius 2 is 1.76 bits per heavy atom. The Morgan fingerprint density at radius 1 is 1.12 bits per heavy atom. The lowest BCUT2D eigenvalue weighted by Gasteiger charge is -2.07. The average molecular weight is 248 g/mol. The summed E-state index contributed by atoms with van der Waals surface area (Å²) in [6, 6.07) is 7.28. The van der Waals surface area contributed by atoms with Crippen molar-refractivity contribution in [2.75, 3.05) is 14.2 Å². The second-order valence-corrected chi connectivity index (χ2v) is 3.82. The minimum Gasteiger partial charge on any atom is -0.497 e. The smallest absolute Gasteiger partial charge is 0.138 e. The van der Waals surface area contributed by atoms with E-state index >= 15 is 0 Å². The number of aromatic nitrogens is 2. The molecule has 0 spiro atoms.